The molecule has 1 saturated carbocycles. The molecule has 4 atom stereocenters. The van der Waals surface area contributed by atoms with Gasteiger partial charge in [0.05, 0.1) is 24.8 Å². The number of benzene rings is 1. The number of rotatable bonds is 9. The van der Waals surface area contributed by atoms with E-state index in [4.69, 9.17) is 14.0 Å². The maximum atomic E-state index is 13.0. The minimum atomic E-state index is -0.681. The zero-order valence-corrected chi connectivity index (χ0v) is 20.0. The van der Waals surface area contributed by atoms with E-state index in [-0.39, 0.29) is 41.8 Å². The fourth-order valence-corrected chi connectivity index (χ4v) is 4.83. The van der Waals surface area contributed by atoms with Gasteiger partial charge in [-0.25, -0.2) is 0 Å². The largest absolute Gasteiger partial charge is 0.478 e. The summed E-state index contributed by atoms with van der Waals surface area (Å²) in [5.41, 5.74) is 0.811. The number of methoxy groups -OCH3 is 1. The Labute approximate surface area is 192 Å². The molecule has 7 nitrogen and oxygen atoms in total. The van der Waals surface area contributed by atoms with Crippen molar-refractivity contribution in [1.82, 2.24) is 10.6 Å². The van der Waals surface area contributed by atoms with Crippen LogP contribution in [0, 0.1) is 11.3 Å². The minimum Gasteiger partial charge on any atom is -0.404 e. The number of nitrogens with one attached hydrogen (secondary N) is 2. The van der Waals surface area contributed by atoms with Gasteiger partial charge >= 0.3 is 7.12 Å². The van der Waals surface area contributed by atoms with Crippen LogP contribution in [-0.2, 0) is 30.1 Å². The highest BCUT2D eigenvalue weighted by atomic mass is 16.7. The van der Waals surface area contributed by atoms with E-state index in [1.165, 1.54) is 0 Å². The molecule has 2 N–H and O–H groups in total. The molecule has 1 saturated heterocycles. The number of fused-ring (bicyclic) bond motifs is 1. The smallest absolute Gasteiger partial charge is 0.404 e. The maximum Gasteiger partial charge on any atom is 0.478 e. The third-order valence-corrected chi connectivity index (χ3v) is 7.02. The van der Waals surface area contributed by atoms with Gasteiger partial charge in [0.1, 0.15) is 6.04 Å². The van der Waals surface area contributed by atoms with E-state index < -0.39 is 13.2 Å². The maximum absolute atomic E-state index is 13.0. The van der Waals surface area contributed by atoms with Crippen molar-refractivity contribution in [3.05, 3.63) is 35.9 Å². The van der Waals surface area contributed by atoms with Crippen LogP contribution in [0.25, 0.3) is 0 Å². The molecular weight excluding hydrogens is 407 g/mol. The van der Waals surface area contributed by atoms with Gasteiger partial charge in [0, 0.05) is 20.0 Å². The molecule has 2 amide bonds. The van der Waals surface area contributed by atoms with Crippen LogP contribution in [0.5, 0.6) is 0 Å². The topological polar surface area (TPSA) is 85.9 Å². The van der Waals surface area contributed by atoms with Crippen molar-refractivity contribution in [3.63, 3.8) is 0 Å². The first-order valence-corrected chi connectivity index (χ1v) is 11.6. The fourth-order valence-electron chi connectivity index (χ4n) is 4.83. The molecule has 1 aliphatic heterocycles. The average molecular weight is 444 g/mol. The van der Waals surface area contributed by atoms with Crippen LogP contribution in [0.3, 0.4) is 0 Å². The highest BCUT2D eigenvalue weighted by molar-refractivity contribution is 6.46. The Morgan fingerprint density at radius 2 is 1.97 bits per heavy atom. The second-order valence-electron chi connectivity index (χ2n) is 10.1. The number of carbonyl (C=O) groups excluding carboxylic acids is 2. The number of hydrogen-bond donors (Lipinski definition) is 2. The summed E-state index contributed by atoms with van der Waals surface area (Å²) in [6.07, 6.45) is 2.75. The van der Waals surface area contributed by atoms with E-state index >= 15 is 0 Å². The Hall–Kier alpha value is -1.90. The predicted molar refractivity (Wildman–Crippen MR) is 124 cm³/mol. The Balaban J connectivity index is 1.59. The second-order valence-corrected chi connectivity index (χ2v) is 10.1. The van der Waals surface area contributed by atoms with Crippen molar-refractivity contribution >= 4 is 18.9 Å². The van der Waals surface area contributed by atoms with Crippen LogP contribution in [0.1, 0.15) is 52.5 Å². The lowest BCUT2D eigenvalue weighted by Crippen LogP contribution is -2.50. The standard InChI is InChI=1S/C24H37BN2O5/c1-17-13-20-24(4,15-23(17,2)3)32-25(31-20)16-26-22(29)19(27-21(28)11-12-30-5)14-18-9-7-6-8-10-18/h6-10,17,19-20H,11-16H2,1-5H3,(H,26,29)(H,27,28)/t17-,19?,20+,24-/m0/s1. The molecule has 0 aromatic heterocycles. The molecule has 3 rings (SSSR count). The lowest BCUT2D eigenvalue weighted by atomic mass is 9.63. The summed E-state index contributed by atoms with van der Waals surface area (Å²) in [6, 6.07) is 8.97. The van der Waals surface area contributed by atoms with E-state index in [2.05, 4.69) is 38.3 Å². The summed E-state index contributed by atoms with van der Waals surface area (Å²) in [5.74, 6) is 0.0710. The quantitative estimate of drug-likeness (QED) is 0.572. The molecule has 2 aliphatic rings. The van der Waals surface area contributed by atoms with Crippen molar-refractivity contribution in [3.8, 4) is 0 Å². The normalized spacial score (nSPS) is 27.5. The molecule has 32 heavy (non-hydrogen) atoms. The summed E-state index contributed by atoms with van der Waals surface area (Å²) in [6.45, 7) is 9.24. The molecule has 0 spiro atoms. The zero-order valence-electron chi connectivity index (χ0n) is 20.0. The number of amides is 2. The van der Waals surface area contributed by atoms with Gasteiger partial charge in [-0.1, -0.05) is 51.1 Å². The predicted octanol–water partition coefficient (Wildman–Crippen LogP) is 2.52. The third-order valence-electron chi connectivity index (χ3n) is 7.02. The molecule has 176 valence electrons. The fraction of sp³-hybridized carbons (Fsp3) is 0.667. The van der Waals surface area contributed by atoms with Gasteiger partial charge in [0.2, 0.25) is 11.8 Å². The van der Waals surface area contributed by atoms with Crippen LogP contribution in [0.2, 0.25) is 0 Å². The van der Waals surface area contributed by atoms with Crippen LogP contribution < -0.4 is 10.6 Å². The number of carbonyl (C=O) groups is 2. The van der Waals surface area contributed by atoms with Gasteiger partial charge < -0.3 is 24.7 Å². The summed E-state index contributed by atoms with van der Waals surface area (Å²) < 4.78 is 17.4. The minimum absolute atomic E-state index is 0.0290. The molecule has 2 fully saturated rings. The van der Waals surface area contributed by atoms with Crippen LogP contribution in [0.15, 0.2) is 30.3 Å². The first-order valence-electron chi connectivity index (χ1n) is 11.6. The Kier molecular flexibility index (Phi) is 8.01. The monoisotopic (exact) mass is 444 g/mol. The van der Waals surface area contributed by atoms with Gasteiger partial charge in [-0.3, -0.25) is 9.59 Å². The first-order chi connectivity index (χ1) is 15.1. The summed E-state index contributed by atoms with van der Waals surface area (Å²) in [5, 5.41) is 5.77. The molecule has 0 bridgehead atoms. The first kappa shape index (κ1) is 24.7. The Morgan fingerprint density at radius 1 is 1.25 bits per heavy atom. The van der Waals surface area contributed by atoms with Gasteiger partial charge in [-0.2, -0.15) is 0 Å². The van der Waals surface area contributed by atoms with Crippen molar-refractivity contribution < 1.29 is 23.6 Å². The average Bonchev–Trinajstić information content (AvgIpc) is 3.05. The summed E-state index contributed by atoms with van der Waals surface area (Å²) >= 11 is 0. The lowest BCUT2D eigenvalue weighted by molar-refractivity contribution is -0.129. The van der Waals surface area contributed by atoms with Crippen molar-refractivity contribution in [1.29, 1.82) is 0 Å². The van der Waals surface area contributed by atoms with Crippen molar-refractivity contribution in [2.75, 3.05) is 20.2 Å². The number of ether oxygens (including phenoxy) is 1. The molecule has 1 unspecified atom stereocenters. The van der Waals surface area contributed by atoms with Crippen LogP contribution >= 0.6 is 0 Å². The molecule has 0 radical (unpaired) electrons. The summed E-state index contributed by atoms with van der Waals surface area (Å²) in [4.78, 5) is 25.2. The Bertz CT molecular complexity index is 790. The highest BCUT2D eigenvalue weighted by Crippen LogP contribution is 2.50. The van der Waals surface area contributed by atoms with Gasteiger partial charge in [0.25, 0.3) is 0 Å². The molecule has 1 aromatic carbocycles. The van der Waals surface area contributed by atoms with E-state index in [0.717, 1.165) is 18.4 Å². The second kappa shape index (κ2) is 10.4. The van der Waals surface area contributed by atoms with Crippen LogP contribution in [-0.4, -0.2) is 56.8 Å². The van der Waals surface area contributed by atoms with Crippen LogP contribution in [0.4, 0.5) is 0 Å². The van der Waals surface area contributed by atoms with E-state index in [9.17, 15) is 9.59 Å². The lowest BCUT2D eigenvalue weighted by Gasteiger charge is -2.47. The van der Waals surface area contributed by atoms with Gasteiger partial charge in [-0.15, -0.1) is 0 Å². The summed E-state index contributed by atoms with van der Waals surface area (Å²) in [7, 11) is 1.06. The molecule has 1 aliphatic carbocycles. The zero-order chi connectivity index (χ0) is 23.4. The van der Waals surface area contributed by atoms with E-state index in [1.54, 1.807) is 7.11 Å². The Morgan fingerprint density at radius 3 is 2.66 bits per heavy atom. The SMILES string of the molecule is COCCC(=O)NC(Cc1ccccc1)C(=O)NCB1O[C@@H]2C[C@H](C)C(C)(C)C[C@]2(C)O1. The van der Waals surface area contributed by atoms with Crippen molar-refractivity contribution in [2.24, 2.45) is 11.3 Å². The molecule has 8 heteroatoms. The molecule has 1 aromatic rings. The molecular formula is C24H37BN2O5. The van der Waals surface area contributed by atoms with Gasteiger partial charge in [0.15, 0.2) is 0 Å². The van der Waals surface area contributed by atoms with E-state index in [1.807, 2.05) is 30.3 Å². The van der Waals surface area contributed by atoms with Crippen molar-refractivity contribution in [2.45, 2.75) is 71.1 Å². The van der Waals surface area contributed by atoms with E-state index in [0.29, 0.717) is 18.9 Å². The highest BCUT2D eigenvalue weighted by Gasteiger charge is 2.55. The number of hydrogen-bond acceptors (Lipinski definition) is 5. The molecule has 1 heterocycles. The third kappa shape index (κ3) is 6.12. The van der Waals surface area contributed by atoms with Gasteiger partial charge in [-0.05, 0) is 36.7 Å².